The number of carbonyl (C=O) groups is 1. The Hall–Kier alpha value is -1.55. The highest BCUT2D eigenvalue weighted by Crippen LogP contribution is 2.16. The Morgan fingerprint density at radius 1 is 1.44 bits per heavy atom. The molecule has 0 aliphatic rings. The Bertz CT molecular complexity index is 392. The lowest BCUT2D eigenvalue weighted by atomic mass is 10.2. The molecule has 0 aliphatic heterocycles. The number of hydrogen-bond donors (Lipinski definition) is 1. The van der Waals surface area contributed by atoms with Gasteiger partial charge in [-0.3, -0.25) is 9.69 Å². The molecule has 0 unspecified atom stereocenters. The van der Waals surface area contributed by atoms with Crippen molar-refractivity contribution in [3.05, 3.63) is 29.8 Å². The van der Waals surface area contributed by atoms with Crippen LogP contribution in [0.15, 0.2) is 24.3 Å². The van der Waals surface area contributed by atoms with E-state index in [4.69, 9.17) is 9.84 Å². The zero-order chi connectivity index (χ0) is 13.5. The van der Waals surface area contributed by atoms with Crippen LogP contribution in [0, 0.1) is 6.92 Å². The molecule has 0 fully saturated rings. The van der Waals surface area contributed by atoms with Gasteiger partial charge in [-0.2, -0.15) is 0 Å². The lowest BCUT2D eigenvalue weighted by Gasteiger charge is -2.20. The number of carboxylic acids is 1. The van der Waals surface area contributed by atoms with Crippen molar-refractivity contribution in [2.24, 2.45) is 0 Å². The Morgan fingerprint density at radius 2 is 2.11 bits per heavy atom. The van der Waals surface area contributed by atoms with Crippen LogP contribution < -0.4 is 4.74 Å². The molecule has 0 bridgehead atoms. The lowest BCUT2D eigenvalue weighted by molar-refractivity contribution is -0.142. The number of likely N-dealkylation sites (N-methyl/N-ethyl adjacent to an activating group) is 1. The van der Waals surface area contributed by atoms with Gasteiger partial charge in [0.05, 0.1) is 6.61 Å². The maximum Gasteiger partial charge on any atom is 0.320 e. The quantitative estimate of drug-likeness (QED) is 0.755. The molecule has 1 aromatic carbocycles. The number of hydrogen-bond acceptors (Lipinski definition) is 3. The molecule has 4 heteroatoms. The van der Waals surface area contributed by atoms with Crippen molar-refractivity contribution < 1.29 is 14.6 Å². The Kier molecular flexibility index (Phi) is 5.65. The molecule has 0 saturated carbocycles. The summed E-state index contributed by atoms with van der Waals surface area (Å²) in [5.74, 6) is 0.101. The summed E-state index contributed by atoms with van der Waals surface area (Å²) in [7, 11) is 1.81. The average Bonchev–Trinajstić information content (AvgIpc) is 2.35. The van der Waals surface area contributed by atoms with Gasteiger partial charge in [0.2, 0.25) is 0 Å². The van der Waals surface area contributed by atoms with E-state index < -0.39 is 12.0 Å². The van der Waals surface area contributed by atoms with E-state index in [1.54, 1.807) is 6.92 Å². The number of aliphatic carboxylic acids is 1. The second-order valence-corrected chi connectivity index (χ2v) is 4.46. The first-order chi connectivity index (χ1) is 8.52. The second kappa shape index (κ2) is 7.01. The van der Waals surface area contributed by atoms with Crippen molar-refractivity contribution in [2.45, 2.75) is 26.3 Å². The number of ether oxygens (including phenoxy) is 1. The number of aryl methyl sites for hydroxylation is 1. The summed E-state index contributed by atoms with van der Waals surface area (Å²) in [6.45, 7) is 5.00. The predicted octanol–water partition coefficient (Wildman–Crippen LogP) is 2.17. The molecule has 1 atom stereocenters. The standard InChI is InChI=1S/C14H21NO3/c1-11-7-4-5-8-13(11)18-10-6-9-15(3)12(2)14(16)17/h4-5,7-8,12H,6,9-10H2,1-3H3,(H,16,17)/t12-/m1/s1. The number of para-hydroxylation sites is 1. The Labute approximate surface area is 108 Å². The van der Waals surface area contributed by atoms with Crippen LogP contribution in [0.4, 0.5) is 0 Å². The molecule has 0 spiro atoms. The monoisotopic (exact) mass is 251 g/mol. The molecule has 4 nitrogen and oxygen atoms in total. The van der Waals surface area contributed by atoms with E-state index in [0.29, 0.717) is 13.2 Å². The third-order valence-corrected chi connectivity index (χ3v) is 3.02. The van der Waals surface area contributed by atoms with Gasteiger partial charge in [-0.15, -0.1) is 0 Å². The van der Waals surface area contributed by atoms with E-state index in [2.05, 4.69) is 0 Å². The van der Waals surface area contributed by atoms with Crippen molar-refractivity contribution >= 4 is 5.97 Å². The van der Waals surface area contributed by atoms with Crippen LogP contribution in [0.5, 0.6) is 5.75 Å². The van der Waals surface area contributed by atoms with Gasteiger partial charge < -0.3 is 9.84 Å². The fourth-order valence-electron chi connectivity index (χ4n) is 1.60. The minimum absolute atomic E-state index is 0.455. The molecule has 0 aromatic heterocycles. The first-order valence-electron chi connectivity index (χ1n) is 6.14. The highest BCUT2D eigenvalue weighted by Gasteiger charge is 2.15. The largest absolute Gasteiger partial charge is 0.493 e. The first-order valence-corrected chi connectivity index (χ1v) is 6.14. The summed E-state index contributed by atoms with van der Waals surface area (Å²) in [4.78, 5) is 12.6. The number of benzene rings is 1. The third kappa shape index (κ3) is 4.37. The molecule has 0 amide bonds. The van der Waals surface area contributed by atoms with E-state index in [-0.39, 0.29) is 0 Å². The van der Waals surface area contributed by atoms with E-state index in [9.17, 15) is 4.79 Å². The highest BCUT2D eigenvalue weighted by molar-refractivity contribution is 5.72. The molecule has 100 valence electrons. The minimum Gasteiger partial charge on any atom is -0.493 e. The number of nitrogens with zero attached hydrogens (tertiary/aromatic N) is 1. The molecule has 0 aliphatic carbocycles. The van der Waals surface area contributed by atoms with Gasteiger partial charge in [0.1, 0.15) is 11.8 Å². The van der Waals surface area contributed by atoms with Crippen molar-refractivity contribution in [1.29, 1.82) is 0 Å². The van der Waals surface area contributed by atoms with Gasteiger partial charge >= 0.3 is 5.97 Å². The van der Waals surface area contributed by atoms with Crippen LogP contribution >= 0.6 is 0 Å². The summed E-state index contributed by atoms with van der Waals surface area (Å²) < 4.78 is 5.65. The molecule has 1 N–H and O–H groups in total. The van der Waals surface area contributed by atoms with Crippen molar-refractivity contribution in [1.82, 2.24) is 4.90 Å². The summed E-state index contributed by atoms with van der Waals surface area (Å²) in [5, 5.41) is 8.85. The SMILES string of the molecule is Cc1ccccc1OCCCN(C)[C@H](C)C(=O)O. The van der Waals surface area contributed by atoms with Crippen LogP contribution in [0.1, 0.15) is 18.9 Å². The minimum atomic E-state index is -0.794. The number of rotatable bonds is 7. The van der Waals surface area contributed by atoms with E-state index in [1.807, 2.05) is 43.1 Å². The summed E-state index contributed by atoms with van der Waals surface area (Å²) in [6.07, 6.45) is 0.808. The highest BCUT2D eigenvalue weighted by atomic mass is 16.5. The fraction of sp³-hybridized carbons (Fsp3) is 0.500. The van der Waals surface area contributed by atoms with E-state index in [1.165, 1.54) is 0 Å². The Balaban J connectivity index is 2.27. The number of carboxylic acid groups (broad SMARTS) is 1. The van der Waals surface area contributed by atoms with E-state index >= 15 is 0 Å². The molecule has 1 rings (SSSR count). The zero-order valence-electron chi connectivity index (χ0n) is 11.2. The van der Waals surface area contributed by atoms with Gasteiger partial charge in [-0.25, -0.2) is 0 Å². The van der Waals surface area contributed by atoms with Crippen molar-refractivity contribution in [2.75, 3.05) is 20.2 Å². The molecule has 1 aromatic rings. The molecule has 18 heavy (non-hydrogen) atoms. The van der Waals surface area contributed by atoms with Gasteiger partial charge in [0, 0.05) is 6.54 Å². The summed E-state index contributed by atoms with van der Waals surface area (Å²) in [5.41, 5.74) is 1.12. The summed E-state index contributed by atoms with van der Waals surface area (Å²) in [6, 6.07) is 7.42. The van der Waals surface area contributed by atoms with Crippen molar-refractivity contribution in [3.8, 4) is 5.75 Å². The van der Waals surface area contributed by atoms with Gasteiger partial charge in [-0.05, 0) is 38.9 Å². The smallest absolute Gasteiger partial charge is 0.320 e. The average molecular weight is 251 g/mol. The third-order valence-electron chi connectivity index (χ3n) is 3.02. The second-order valence-electron chi connectivity index (χ2n) is 4.46. The van der Waals surface area contributed by atoms with Gasteiger partial charge in [0.15, 0.2) is 0 Å². The van der Waals surface area contributed by atoms with Crippen LogP contribution in [0.3, 0.4) is 0 Å². The fourth-order valence-corrected chi connectivity index (χ4v) is 1.60. The van der Waals surface area contributed by atoms with Crippen LogP contribution in [-0.4, -0.2) is 42.2 Å². The van der Waals surface area contributed by atoms with Crippen LogP contribution in [-0.2, 0) is 4.79 Å². The van der Waals surface area contributed by atoms with Crippen LogP contribution in [0.25, 0.3) is 0 Å². The maximum atomic E-state index is 10.8. The molecule has 0 saturated heterocycles. The zero-order valence-corrected chi connectivity index (χ0v) is 11.2. The van der Waals surface area contributed by atoms with Gasteiger partial charge in [-0.1, -0.05) is 18.2 Å². The van der Waals surface area contributed by atoms with Crippen molar-refractivity contribution in [3.63, 3.8) is 0 Å². The molecule has 0 heterocycles. The molecule has 0 radical (unpaired) electrons. The molecular weight excluding hydrogens is 230 g/mol. The lowest BCUT2D eigenvalue weighted by Crippen LogP contribution is -2.36. The maximum absolute atomic E-state index is 10.8. The van der Waals surface area contributed by atoms with Gasteiger partial charge in [0.25, 0.3) is 0 Å². The first kappa shape index (κ1) is 14.5. The summed E-state index contributed by atoms with van der Waals surface area (Å²) >= 11 is 0. The molecular formula is C14H21NO3. The Morgan fingerprint density at radius 3 is 2.72 bits per heavy atom. The van der Waals surface area contributed by atoms with E-state index in [0.717, 1.165) is 17.7 Å². The van der Waals surface area contributed by atoms with Crippen LogP contribution in [0.2, 0.25) is 0 Å². The topological polar surface area (TPSA) is 49.8 Å². The normalized spacial score (nSPS) is 12.4. The predicted molar refractivity (Wildman–Crippen MR) is 71.0 cm³/mol.